The largest absolute Gasteiger partial charge is 0.369 e. The molecule has 0 amide bonds. The third-order valence-corrected chi connectivity index (χ3v) is 4.09. The van der Waals surface area contributed by atoms with Gasteiger partial charge in [-0.05, 0) is 6.92 Å². The van der Waals surface area contributed by atoms with Crippen LogP contribution in [0.1, 0.15) is 13.8 Å². The van der Waals surface area contributed by atoms with E-state index in [0.717, 1.165) is 0 Å². The second kappa shape index (κ2) is 4.46. The van der Waals surface area contributed by atoms with Gasteiger partial charge in [-0.3, -0.25) is 0 Å². The molecule has 6 nitrogen and oxygen atoms in total. The molecule has 15 heavy (non-hydrogen) atoms. The number of hydrogen-bond acceptors (Lipinski definition) is 6. The van der Waals surface area contributed by atoms with Gasteiger partial charge >= 0.3 is 0 Å². The maximum Gasteiger partial charge on any atom is 0.192 e. The molecule has 0 bridgehead atoms. The topological polar surface area (TPSA) is 90.2 Å². The summed E-state index contributed by atoms with van der Waals surface area (Å²) in [7, 11) is -3.06. The molecule has 0 aromatic heterocycles. The first kappa shape index (κ1) is 12.4. The highest BCUT2D eigenvalue weighted by molar-refractivity contribution is 7.91. The molecule has 7 heteroatoms. The van der Waals surface area contributed by atoms with E-state index in [2.05, 4.69) is 4.99 Å². The van der Waals surface area contributed by atoms with Gasteiger partial charge in [-0.25, -0.2) is 13.4 Å². The standard InChI is InChI=1S/C8H16N2O4S/c1-3-15(13,14)5-4-10-6(2)9-7(11)8(10)12/h7-8,11-12H,3-5H2,1-2H3. The lowest BCUT2D eigenvalue weighted by Gasteiger charge is -2.23. The second-order valence-electron chi connectivity index (χ2n) is 3.43. The summed E-state index contributed by atoms with van der Waals surface area (Å²) in [5.74, 6) is 0.497. The molecular formula is C8H16N2O4S. The first-order valence-electron chi connectivity index (χ1n) is 4.75. The lowest BCUT2D eigenvalue weighted by molar-refractivity contribution is -0.0288. The normalized spacial score (nSPS) is 26.9. The molecule has 0 saturated carbocycles. The summed E-state index contributed by atoms with van der Waals surface area (Å²) in [5.41, 5.74) is 0. The lowest BCUT2D eigenvalue weighted by atomic mass is 10.4. The van der Waals surface area contributed by atoms with Crippen molar-refractivity contribution in [2.24, 2.45) is 4.99 Å². The Balaban J connectivity index is 2.58. The predicted octanol–water partition coefficient (Wildman–Crippen LogP) is -1.21. The quantitative estimate of drug-likeness (QED) is 0.639. The van der Waals surface area contributed by atoms with Crippen LogP contribution in [0.15, 0.2) is 4.99 Å². The SMILES string of the molecule is CCS(=O)(=O)CCN1C(C)=NC(O)C1O. The van der Waals surface area contributed by atoms with E-state index in [4.69, 9.17) is 0 Å². The van der Waals surface area contributed by atoms with Crippen LogP contribution in [-0.4, -0.2) is 59.9 Å². The van der Waals surface area contributed by atoms with Gasteiger partial charge in [-0.15, -0.1) is 0 Å². The zero-order valence-corrected chi connectivity index (χ0v) is 9.61. The third kappa shape index (κ3) is 2.90. The number of rotatable bonds is 4. The van der Waals surface area contributed by atoms with Gasteiger partial charge in [0.05, 0.1) is 5.75 Å². The fraction of sp³-hybridized carbons (Fsp3) is 0.875. The number of amidine groups is 1. The van der Waals surface area contributed by atoms with Crippen molar-refractivity contribution in [2.75, 3.05) is 18.1 Å². The summed E-state index contributed by atoms with van der Waals surface area (Å²) in [5, 5.41) is 18.7. The summed E-state index contributed by atoms with van der Waals surface area (Å²) in [6.07, 6.45) is -2.30. The minimum absolute atomic E-state index is 0.0415. The predicted molar refractivity (Wildman–Crippen MR) is 56.2 cm³/mol. The molecule has 0 spiro atoms. The van der Waals surface area contributed by atoms with Crippen LogP contribution in [0.25, 0.3) is 0 Å². The summed E-state index contributed by atoms with van der Waals surface area (Å²) < 4.78 is 22.5. The highest BCUT2D eigenvalue weighted by Gasteiger charge is 2.31. The van der Waals surface area contributed by atoms with Crippen molar-refractivity contribution in [3.8, 4) is 0 Å². The summed E-state index contributed by atoms with van der Waals surface area (Å²) in [6.45, 7) is 3.35. The minimum Gasteiger partial charge on any atom is -0.369 e. The van der Waals surface area contributed by atoms with Gasteiger partial charge in [0.2, 0.25) is 0 Å². The number of aliphatic hydroxyl groups is 2. The van der Waals surface area contributed by atoms with Crippen molar-refractivity contribution in [1.82, 2.24) is 4.90 Å². The van der Waals surface area contributed by atoms with Crippen LogP contribution >= 0.6 is 0 Å². The van der Waals surface area contributed by atoms with Gasteiger partial charge in [0.1, 0.15) is 5.84 Å². The van der Waals surface area contributed by atoms with E-state index in [1.54, 1.807) is 13.8 Å². The van der Waals surface area contributed by atoms with Gasteiger partial charge in [0.15, 0.2) is 22.3 Å². The minimum atomic E-state index is -3.06. The first-order chi connectivity index (χ1) is 6.87. The summed E-state index contributed by atoms with van der Waals surface area (Å²) in [6, 6.07) is 0. The van der Waals surface area contributed by atoms with Gasteiger partial charge < -0.3 is 15.1 Å². The van der Waals surface area contributed by atoms with E-state index in [1.807, 2.05) is 0 Å². The number of hydrogen-bond donors (Lipinski definition) is 2. The number of aliphatic hydroxyl groups excluding tert-OH is 2. The molecule has 0 aromatic carbocycles. The maximum atomic E-state index is 11.2. The Morgan fingerprint density at radius 3 is 2.47 bits per heavy atom. The Bertz CT molecular complexity index is 352. The molecule has 2 atom stereocenters. The van der Waals surface area contributed by atoms with E-state index in [0.29, 0.717) is 5.84 Å². The van der Waals surface area contributed by atoms with Crippen LogP contribution in [0.3, 0.4) is 0 Å². The zero-order chi connectivity index (χ0) is 11.6. The average Bonchev–Trinajstić information content (AvgIpc) is 2.39. The van der Waals surface area contributed by atoms with Crippen LogP contribution < -0.4 is 0 Å². The third-order valence-electron chi connectivity index (χ3n) is 2.40. The van der Waals surface area contributed by atoms with Crippen molar-refractivity contribution >= 4 is 15.7 Å². The van der Waals surface area contributed by atoms with E-state index in [1.165, 1.54) is 4.90 Å². The molecule has 1 rings (SSSR count). The van der Waals surface area contributed by atoms with Gasteiger partial charge in [-0.2, -0.15) is 0 Å². The summed E-state index contributed by atoms with van der Waals surface area (Å²) in [4.78, 5) is 5.12. The van der Waals surface area contributed by atoms with Crippen molar-refractivity contribution in [3.63, 3.8) is 0 Å². The van der Waals surface area contributed by atoms with Gasteiger partial charge in [0.25, 0.3) is 0 Å². The molecule has 1 aliphatic rings. The van der Waals surface area contributed by atoms with Gasteiger partial charge in [0, 0.05) is 12.3 Å². The van der Waals surface area contributed by atoms with Crippen LogP contribution in [0.5, 0.6) is 0 Å². The van der Waals surface area contributed by atoms with Crippen molar-refractivity contribution in [2.45, 2.75) is 26.3 Å². The van der Waals surface area contributed by atoms with E-state index < -0.39 is 22.3 Å². The molecule has 0 aromatic rings. The molecule has 88 valence electrons. The molecule has 1 aliphatic heterocycles. The summed E-state index contributed by atoms with van der Waals surface area (Å²) >= 11 is 0. The molecule has 0 saturated heterocycles. The highest BCUT2D eigenvalue weighted by Crippen LogP contribution is 2.13. The molecule has 2 N–H and O–H groups in total. The lowest BCUT2D eigenvalue weighted by Crippen LogP contribution is -2.41. The van der Waals surface area contributed by atoms with E-state index in [9.17, 15) is 18.6 Å². The van der Waals surface area contributed by atoms with Crippen LogP contribution in [0.2, 0.25) is 0 Å². The van der Waals surface area contributed by atoms with Crippen LogP contribution in [0, 0.1) is 0 Å². The van der Waals surface area contributed by atoms with E-state index in [-0.39, 0.29) is 18.1 Å². The molecular weight excluding hydrogens is 220 g/mol. The Hall–Kier alpha value is -0.660. The van der Waals surface area contributed by atoms with Crippen LogP contribution in [-0.2, 0) is 9.84 Å². The fourth-order valence-corrected chi connectivity index (χ4v) is 2.12. The fourth-order valence-electron chi connectivity index (χ4n) is 1.36. The molecule has 0 aliphatic carbocycles. The van der Waals surface area contributed by atoms with Crippen molar-refractivity contribution < 1.29 is 18.6 Å². The number of nitrogens with zero attached hydrogens (tertiary/aromatic N) is 2. The molecule has 0 fully saturated rings. The molecule has 2 unspecified atom stereocenters. The Morgan fingerprint density at radius 1 is 1.47 bits per heavy atom. The Labute approximate surface area is 89.2 Å². The highest BCUT2D eigenvalue weighted by atomic mass is 32.2. The average molecular weight is 236 g/mol. The van der Waals surface area contributed by atoms with Crippen LogP contribution in [0.4, 0.5) is 0 Å². The van der Waals surface area contributed by atoms with E-state index >= 15 is 0 Å². The Morgan fingerprint density at radius 2 is 2.07 bits per heavy atom. The van der Waals surface area contributed by atoms with Crippen molar-refractivity contribution in [3.05, 3.63) is 0 Å². The Kier molecular flexibility index (Phi) is 3.69. The smallest absolute Gasteiger partial charge is 0.192 e. The van der Waals surface area contributed by atoms with Crippen molar-refractivity contribution in [1.29, 1.82) is 0 Å². The first-order valence-corrected chi connectivity index (χ1v) is 6.57. The second-order valence-corrected chi connectivity index (χ2v) is 5.91. The zero-order valence-electron chi connectivity index (χ0n) is 8.79. The number of aliphatic imine (C=N–C) groups is 1. The molecule has 1 heterocycles. The molecule has 0 radical (unpaired) electrons. The number of sulfone groups is 1. The monoisotopic (exact) mass is 236 g/mol. The van der Waals surface area contributed by atoms with Gasteiger partial charge in [-0.1, -0.05) is 6.92 Å². The maximum absolute atomic E-state index is 11.2.